The first-order valence-electron chi connectivity index (χ1n) is 6.48. The van der Waals surface area contributed by atoms with E-state index in [0.29, 0.717) is 11.7 Å². The number of hydrogen-bond donors (Lipinski definition) is 1. The number of aliphatic carboxylic acids is 1. The molecule has 1 aliphatic rings. The first kappa shape index (κ1) is 13.6. The molecule has 0 amide bonds. The molecule has 1 aliphatic heterocycles. The fraction of sp³-hybridized carbons (Fsp3) is 0.615. The smallest absolute Gasteiger partial charge is 0.305 e. The summed E-state index contributed by atoms with van der Waals surface area (Å²) in [4.78, 5) is 21.6. The third-order valence-electron chi connectivity index (χ3n) is 3.34. The number of carboxylic acid groups (broad SMARTS) is 1. The van der Waals surface area contributed by atoms with Crippen molar-refractivity contribution in [3.63, 3.8) is 0 Å². The van der Waals surface area contributed by atoms with Crippen LogP contribution in [0.15, 0.2) is 6.07 Å². The zero-order valence-electron chi connectivity index (χ0n) is 11.3. The Hall–Kier alpha value is -1.85. The largest absolute Gasteiger partial charge is 0.481 e. The van der Waals surface area contributed by atoms with Gasteiger partial charge in [-0.3, -0.25) is 4.79 Å². The number of hydrogen-bond acceptors (Lipinski definition) is 5. The van der Waals surface area contributed by atoms with Crippen LogP contribution < -0.4 is 9.64 Å². The molecule has 1 atom stereocenters. The van der Waals surface area contributed by atoms with Crippen molar-refractivity contribution in [2.24, 2.45) is 0 Å². The summed E-state index contributed by atoms with van der Waals surface area (Å²) in [6, 6.07) is 1.78. The minimum atomic E-state index is -0.769. The molecule has 2 heterocycles. The molecule has 1 aromatic heterocycles. The first-order valence-corrected chi connectivity index (χ1v) is 6.48. The van der Waals surface area contributed by atoms with E-state index in [1.54, 1.807) is 13.2 Å². The Kier molecular flexibility index (Phi) is 4.19. The van der Waals surface area contributed by atoms with Gasteiger partial charge in [0.15, 0.2) is 0 Å². The lowest BCUT2D eigenvalue weighted by Crippen LogP contribution is -2.41. The van der Waals surface area contributed by atoms with Gasteiger partial charge in [-0.2, -0.15) is 4.98 Å². The summed E-state index contributed by atoms with van der Waals surface area (Å²) in [5.41, 5.74) is 0. The topological polar surface area (TPSA) is 75.5 Å². The molecule has 19 heavy (non-hydrogen) atoms. The Morgan fingerprint density at radius 2 is 2.32 bits per heavy atom. The van der Waals surface area contributed by atoms with Gasteiger partial charge < -0.3 is 14.7 Å². The van der Waals surface area contributed by atoms with Crippen molar-refractivity contribution in [3.8, 4) is 5.88 Å². The van der Waals surface area contributed by atoms with Crippen LogP contribution in [0.5, 0.6) is 5.88 Å². The van der Waals surface area contributed by atoms with Gasteiger partial charge in [0, 0.05) is 18.7 Å². The second-order valence-electron chi connectivity index (χ2n) is 4.76. The molecule has 6 heteroatoms. The van der Waals surface area contributed by atoms with Crippen LogP contribution >= 0.6 is 0 Å². The molecule has 0 aromatic carbocycles. The lowest BCUT2D eigenvalue weighted by molar-refractivity contribution is -0.137. The molecule has 6 nitrogen and oxygen atoms in total. The third kappa shape index (κ3) is 3.33. The average molecular weight is 265 g/mol. The standard InChI is InChI=1S/C13H19N3O3/c1-9-14-11(8-12(15-9)19-2)16-6-4-3-5-10(16)7-13(17)18/h8,10H,3-7H2,1-2H3,(H,17,18). The predicted octanol–water partition coefficient (Wildman–Crippen LogP) is 1.63. The Bertz CT molecular complexity index is 464. The molecule has 1 N–H and O–H groups in total. The van der Waals surface area contributed by atoms with Crippen LogP contribution in [0.3, 0.4) is 0 Å². The Morgan fingerprint density at radius 3 is 3.00 bits per heavy atom. The van der Waals surface area contributed by atoms with Gasteiger partial charge in [0.05, 0.1) is 13.5 Å². The van der Waals surface area contributed by atoms with Crippen molar-refractivity contribution in [2.45, 2.75) is 38.6 Å². The fourth-order valence-corrected chi connectivity index (χ4v) is 2.49. The molecule has 1 saturated heterocycles. The second-order valence-corrected chi connectivity index (χ2v) is 4.76. The van der Waals surface area contributed by atoms with Gasteiger partial charge in [0.25, 0.3) is 0 Å². The summed E-state index contributed by atoms with van der Waals surface area (Å²) >= 11 is 0. The zero-order chi connectivity index (χ0) is 13.8. The minimum absolute atomic E-state index is 0.00487. The highest BCUT2D eigenvalue weighted by Crippen LogP contribution is 2.27. The van der Waals surface area contributed by atoms with Crippen molar-refractivity contribution in [3.05, 3.63) is 11.9 Å². The molecular weight excluding hydrogens is 246 g/mol. The number of nitrogens with zero attached hydrogens (tertiary/aromatic N) is 3. The van der Waals surface area contributed by atoms with Crippen LogP contribution in [-0.2, 0) is 4.79 Å². The van der Waals surface area contributed by atoms with Crippen molar-refractivity contribution < 1.29 is 14.6 Å². The number of aromatic nitrogens is 2. The van der Waals surface area contributed by atoms with Crippen molar-refractivity contribution in [1.29, 1.82) is 0 Å². The maximum atomic E-state index is 11.0. The predicted molar refractivity (Wildman–Crippen MR) is 70.6 cm³/mol. The Labute approximate surface area is 112 Å². The highest BCUT2D eigenvalue weighted by molar-refractivity contribution is 5.68. The lowest BCUT2D eigenvalue weighted by Gasteiger charge is -2.36. The second kappa shape index (κ2) is 5.86. The minimum Gasteiger partial charge on any atom is -0.481 e. The monoisotopic (exact) mass is 265 g/mol. The number of rotatable bonds is 4. The van der Waals surface area contributed by atoms with E-state index in [1.807, 2.05) is 6.92 Å². The van der Waals surface area contributed by atoms with Gasteiger partial charge in [0.1, 0.15) is 11.6 Å². The number of methoxy groups -OCH3 is 1. The van der Waals surface area contributed by atoms with Crippen LogP contribution in [0.25, 0.3) is 0 Å². The number of carbonyl (C=O) groups is 1. The van der Waals surface area contributed by atoms with Crippen LogP contribution in [0.4, 0.5) is 5.82 Å². The summed E-state index contributed by atoms with van der Waals surface area (Å²) in [5.74, 6) is 1.14. The van der Waals surface area contributed by atoms with E-state index in [9.17, 15) is 4.79 Å². The SMILES string of the molecule is COc1cc(N2CCCCC2CC(=O)O)nc(C)n1. The number of aryl methyl sites for hydroxylation is 1. The van der Waals surface area contributed by atoms with Crippen LogP contribution in [0, 0.1) is 6.92 Å². The van der Waals surface area contributed by atoms with Gasteiger partial charge in [0.2, 0.25) is 5.88 Å². The number of carboxylic acids is 1. The first-order chi connectivity index (χ1) is 9.10. The summed E-state index contributed by atoms with van der Waals surface area (Å²) in [6.07, 6.45) is 3.15. The van der Waals surface area contributed by atoms with Gasteiger partial charge >= 0.3 is 5.97 Å². The van der Waals surface area contributed by atoms with Gasteiger partial charge in [-0.1, -0.05) is 0 Å². The molecule has 2 rings (SSSR count). The maximum Gasteiger partial charge on any atom is 0.305 e. The highest BCUT2D eigenvalue weighted by atomic mass is 16.5. The Balaban J connectivity index is 2.26. The van der Waals surface area contributed by atoms with Crippen molar-refractivity contribution >= 4 is 11.8 Å². The maximum absolute atomic E-state index is 11.0. The van der Waals surface area contributed by atoms with Gasteiger partial charge in [-0.05, 0) is 26.2 Å². The van der Waals surface area contributed by atoms with Gasteiger partial charge in [-0.25, -0.2) is 4.98 Å². The molecular formula is C13H19N3O3. The molecule has 1 fully saturated rings. The fourth-order valence-electron chi connectivity index (χ4n) is 2.49. The van der Waals surface area contributed by atoms with Gasteiger partial charge in [-0.15, -0.1) is 0 Å². The van der Waals surface area contributed by atoms with E-state index in [0.717, 1.165) is 31.6 Å². The van der Waals surface area contributed by atoms with E-state index in [2.05, 4.69) is 14.9 Å². The van der Waals surface area contributed by atoms with E-state index in [4.69, 9.17) is 9.84 Å². The summed E-state index contributed by atoms with van der Waals surface area (Å²) in [7, 11) is 1.57. The van der Waals surface area contributed by atoms with E-state index in [-0.39, 0.29) is 12.5 Å². The number of ether oxygens (including phenoxy) is 1. The third-order valence-corrected chi connectivity index (χ3v) is 3.34. The summed E-state index contributed by atoms with van der Waals surface area (Å²) in [6.45, 7) is 2.64. The lowest BCUT2D eigenvalue weighted by atomic mass is 9.99. The molecule has 0 spiro atoms. The zero-order valence-corrected chi connectivity index (χ0v) is 11.3. The molecule has 1 unspecified atom stereocenters. The molecule has 0 aliphatic carbocycles. The van der Waals surface area contributed by atoms with Crippen molar-refractivity contribution in [2.75, 3.05) is 18.6 Å². The Morgan fingerprint density at radius 1 is 1.53 bits per heavy atom. The van der Waals surface area contributed by atoms with E-state index >= 15 is 0 Å². The quantitative estimate of drug-likeness (QED) is 0.891. The summed E-state index contributed by atoms with van der Waals surface area (Å²) < 4.78 is 5.15. The molecule has 0 radical (unpaired) electrons. The molecule has 0 saturated carbocycles. The highest BCUT2D eigenvalue weighted by Gasteiger charge is 2.26. The normalized spacial score (nSPS) is 19.3. The number of anilines is 1. The van der Waals surface area contributed by atoms with Crippen LogP contribution in [0.1, 0.15) is 31.5 Å². The van der Waals surface area contributed by atoms with E-state index < -0.39 is 5.97 Å². The van der Waals surface area contributed by atoms with Crippen molar-refractivity contribution in [1.82, 2.24) is 9.97 Å². The number of piperidine rings is 1. The van der Waals surface area contributed by atoms with Crippen LogP contribution in [0.2, 0.25) is 0 Å². The summed E-state index contributed by atoms with van der Waals surface area (Å²) in [5, 5.41) is 9.00. The molecule has 0 bridgehead atoms. The van der Waals surface area contributed by atoms with Crippen LogP contribution in [-0.4, -0.2) is 40.7 Å². The molecule has 104 valence electrons. The average Bonchev–Trinajstić information content (AvgIpc) is 2.38. The molecule has 1 aromatic rings. The van der Waals surface area contributed by atoms with E-state index in [1.165, 1.54) is 0 Å².